The van der Waals surface area contributed by atoms with E-state index in [1.165, 1.54) is 18.6 Å². The van der Waals surface area contributed by atoms with Crippen LogP contribution in [0.3, 0.4) is 0 Å². The third kappa shape index (κ3) is 7.34. The summed E-state index contributed by atoms with van der Waals surface area (Å²) in [5, 5.41) is 6.55. The van der Waals surface area contributed by atoms with Gasteiger partial charge in [-0.05, 0) is 44.1 Å². The first kappa shape index (κ1) is 22.6. The Morgan fingerprint density at radius 3 is 2.60 bits per heavy atom. The molecule has 0 saturated carbocycles. The average Bonchev–Trinajstić information content (AvgIpc) is 3.02. The zero-order chi connectivity index (χ0) is 17.5. The van der Waals surface area contributed by atoms with Crippen molar-refractivity contribution in [1.29, 1.82) is 0 Å². The van der Waals surface area contributed by atoms with E-state index >= 15 is 0 Å². The molecule has 0 spiro atoms. The fourth-order valence-electron chi connectivity index (χ4n) is 2.68. The second-order valence-corrected chi connectivity index (χ2v) is 10.0. The van der Waals surface area contributed by atoms with Gasteiger partial charge in [0.25, 0.3) is 0 Å². The topological polar surface area (TPSA) is 70.6 Å². The Hall–Kier alpha value is -0.480. The predicted octanol–water partition coefficient (Wildman–Crippen LogP) is 2.92. The molecule has 0 aliphatic carbocycles. The molecule has 1 aromatic rings. The smallest absolute Gasteiger partial charge is 0.191 e. The zero-order valence-corrected chi connectivity index (χ0v) is 18.8. The molecule has 1 saturated heterocycles. The summed E-state index contributed by atoms with van der Waals surface area (Å²) in [5.74, 6) is 2.09. The van der Waals surface area contributed by atoms with Crippen LogP contribution in [0.2, 0.25) is 0 Å². The van der Waals surface area contributed by atoms with Gasteiger partial charge < -0.3 is 10.6 Å². The molecule has 1 aromatic carbocycles. The van der Waals surface area contributed by atoms with E-state index < -0.39 is 9.84 Å². The van der Waals surface area contributed by atoms with Gasteiger partial charge in [0, 0.05) is 24.9 Å². The molecule has 1 atom stereocenters. The molecule has 2 N–H and O–H groups in total. The molecule has 25 heavy (non-hydrogen) atoms. The van der Waals surface area contributed by atoms with Crippen LogP contribution in [-0.2, 0) is 9.84 Å². The number of hydrogen-bond donors (Lipinski definition) is 2. The van der Waals surface area contributed by atoms with Crippen molar-refractivity contribution in [2.45, 2.75) is 35.8 Å². The van der Waals surface area contributed by atoms with Crippen molar-refractivity contribution in [2.24, 2.45) is 4.99 Å². The summed E-state index contributed by atoms with van der Waals surface area (Å²) in [6, 6.07) is 8.60. The summed E-state index contributed by atoms with van der Waals surface area (Å²) >= 11 is 2.00. The fraction of sp³-hybridized carbons (Fsp3) is 0.588. The Morgan fingerprint density at radius 2 is 2.00 bits per heavy atom. The number of aliphatic imine (C=N–C) groups is 1. The minimum Gasteiger partial charge on any atom is -0.356 e. The van der Waals surface area contributed by atoms with Gasteiger partial charge in [0.15, 0.2) is 15.8 Å². The second-order valence-electron chi connectivity index (χ2n) is 6.24. The van der Waals surface area contributed by atoms with Crippen LogP contribution in [0.25, 0.3) is 0 Å². The van der Waals surface area contributed by atoms with Crippen LogP contribution in [0.5, 0.6) is 0 Å². The van der Waals surface area contributed by atoms with Crippen molar-refractivity contribution >= 4 is 51.5 Å². The summed E-state index contributed by atoms with van der Waals surface area (Å²) in [6.07, 6.45) is 3.03. The molecule has 0 amide bonds. The Balaban J connectivity index is 0.00000312. The summed E-state index contributed by atoms with van der Waals surface area (Å²) in [7, 11) is -1.47. The van der Waals surface area contributed by atoms with Crippen LogP contribution in [0.1, 0.15) is 26.2 Å². The molecule has 1 fully saturated rings. The molecule has 5 nitrogen and oxygen atoms in total. The highest BCUT2D eigenvalue weighted by Crippen LogP contribution is 2.36. The van der Waals surface area contributed by atoms with E-state index in [0.29, 0.717) is 17.9 Å². The highest BCUT2D eigenvalue weighted by atomic mass is 127. The first-order chi connectivity index (χ1) is 11.5. The van der Waals surface area contributed by atoms with Gasteiger partial charge in [0.1, 0.15) is 0 Å². The standard InChI is InChI=1S/C17H27N3O2S2.HI/c1-17(10-6-12-23-17)14-20-16(18-2)19-11-7-13-24(21,22)15-8-4-3-5-9-15;/h3-5,8-9H,6-7,10-14H2,1-2H3,(H2,18,19,20);1H. The molecule has 1 aliphatic heterocycles. The lowest BCUT2D eigenvalue weighted by atomic mass is 10.1. The van der Waals surface area contributed by atoms with E-state index in [4.69, 9.17) is 0 Å². The van der Waals surface area contributed by atoms with Crippen LogP contribution in [0, 0.1) is 0 Å². The zero-order valence-electron chi connectivity index (χ0n) is 14.8. The molecule has 8 heteroatoms. The number of halogens is 1. The molecule has 1 heterocycles. The van der Waals surface area contributed by atoms with E-state index in [-0.39, 0.29) is 34.5 Å². The third-order valence-electron chi connectivity index (χ3n) is 4.14. The second kappa shape index (κ2) is 10.6. The highest BCUT2D eigenvalue weighted by molar-refractivity contribution is 14.0. The highest BCUT2D eigenvalue weighted by Gasteiger charge is 2.29. The van der Waals surface area contributed by atoms with E-state index in [1.807, 2.05) is 17.8 Å². The molecular formula is C17H28IN3O2S2. The number of thioether (sulfide) groups is 1. The van der Waals surface area contributed by atoms with Gasteiger partial charge >= 0.3 is 0 Å². The number of sulfone groups is 1. The monoisotopic (exact) mass is 497 g/mol. The van der Waals surface area contributed by atoms with Gasteiger partial charge in [0.2, 0.25) is 0 Å². The molecule has 0 radical (unpaired) electrons. The number of nitrogens with one attached hydrogen (secondary N) is 2. The van der Waals surface area contributed by atoms with Gasteiger partial charge in [0.05, 0.1) is 10.6 Å². The maximum absolute atomic E-state index is 12.2. The van der Waals surface area contributed by atoms with Crippen LogP contribution < -0.4 is 10.6 Å². The van der Waals surface area contributed by atoms with Crippen molar-refractivity contribution in [3.8, 4) is 0 Å². The van der Waals surface area contributed by atoms with Crippen molar-refractivity contribution in [2.75, 3.05) is 31.6 Å². The van der Waals surface area contributed by atoms with Crippen LogP contribution >= 0.6 is 35.7 Å². The largest absolute Gasteiger partial charge is 0.356 e. The van der Waals surface area contributed by atoms with Crippen LogP contribution in [0.4, 0.5) is 0 Å². The van der Waals surface area contributed by atoms with E-state index in [1.54, 1.807) is 31.3 Å². The summed E-state index contributed by atoms with van der Waals surface area (Å²) in [6.45, 7) is 3.73. The Kier molecular flexibility index (Phi) is 9.58. The van der Waals surface area contributed by atoms with Gasteiger partial charge in [-0.2, -0.15) is 11.8 Å². The van der Waals surface area contributed by atoms with Crippen LogP contribution in [-0.4, -0.2) is 50.8 Å². The summed E-state index contributed by atoms with van der Waals surface area (Å²) in [5.41, 5.74) is 0. The minimum absolute atomic E-state index is 0. The molecule has 0 aromatic heterocycles. The average molecular weight is 497 g/mol. The van der Waals surface area contributed by atoms with Crippen molar-refractivity contribution in [3.63, 3.8) is 0 Å². The normalized spacial score (nSPS) is 20.8. The minimum atomic E-state index is -3.20. The third-order valence-corrected chi connectivity index (χ3v) is 7.49. The van der Waals surface area contributed by atoms with Crippen molar-refractivity contribution in [3.05, 3.63) is 30.3 Å². The molecule has 2 rings (SSSR count). The van der Waals surface area contributed by atoms with E-state index in [2.05, 4.69) is 22.5 Å². The SMILES string of the molecule is CN=C(NCCCS(=O)(=O)c1ccccc1)NCC1(C)CCCS1.I. The lowest BCUT2D eigenvalue weighted by Crippen LogP contribution is -2.44. The van der Waals surface area contributed by atoms with Gasteiger partial charge in [-0.3, -0.25) is 4.99 Å². The maximum atomic E-state index is 12.2. The fourth-order valence-corrected chi connectivity index (χ4v) is 5.26. The first-order valence-corrected chi connectivity index (χ1v) is 11.0. The lowest BCUT2D eigenvalue weighted by molar-refractivity contribution is 0.582. The molecule has 1 aliphatic rings. The maximum Gasteiger partial charge on any atom is 0.191 e. The number of guanidine groups is 1. The summed E-state index contributed by atoms with van der Waals surface area (Å²) < 4.78 is 24.7. The lowest BCUT2D eigenvalue weighted by Gasteiger charge is -2.24. The number of hydrogen-bond acceptors (Lipinski definition) is 4. The Labute approximate surface area is 172 Å². The number of benzene rings is 1. The molecular weight excluding hydrogens is 469 g/mol. The van der Waals surface area contributed by atoms with E-state index in [0.717, 1.165) is 12.5 Å². The first-order valence-electron chi connectivity index (χ1n) is 8.31. The van der Waals surface area contributed by atoms with Crippen molar-refractivity contribution in [1.82, 2.24) is 10.6 Å². The molecule has 1 unspecified atom stereocenters. The van der Waals surface area contributed by atoms with Crippen molar-refractivity contribution < 1.29 is 8.42 Å². The van der Waals surface area contributed by atoms with Gasteiger partial charge in [-0.15, -0.1) is 24.0 Å². The molecule has 0 bridgehead atoms. The van der Waals surface area contributed by atoms with E-state index in [9.17, 15) is 8.42 Å². The van der Waals surface area contributed by atoms with Crippen LogP contribution in [0.15, 0.2) is 40.2 Å². The quantitative estimate of drug-likeness (QED) is 0.263. The Morgan fingerprint density at radius 1 is 1.28 bits per heavy atom. The molecule has 142 valence electrons. The summed E-state index contributed by atoms with van der Waals surface area (Å²) in [4.78, 5) is 4.60. The predicted molar refractivity (Wildman–Crippen MR) is 118 cm³/mol. The Bertz CT molecular complexity index is 645. The number of rotatable bonds is 7. The van der Waals surface area contributed by atoms with Gasteiger partial charge in [-0.25, -0.2) is 8.42 Å². The van der Waals surface area contributed by atoms with Gasteiger partial charge in [-0.1, -0.05) is 18.2 Å². The number of nitrogens with zero attached hydrogens (tertiary/aromatic N) is 1.